The third kappa shape index (κ3) is 67.6. The molecule has 0 aromatic rings. The minimum Gasteiger partial charge on any atom is -0.462 e. The van der Waals surface area contributed by atoms with Gasteiger partial charge in [0.1, 0.15) is 19.3 Å². The molecule has 0 radical (unpaired) electrons. The molecule has 0 aliphatic heterocycles. The molecule has 564 valence electrons. The fourth-order valence-electron chi connectivity index (χ4n) is 11.5. The highest BCUT2D eigenvalue weighted by molar-refractivity contribution is 7.47. The lowest BCUT2D eigenvalue weighted by atomic mass is 9.99. The summed E-state index contributed by atoms with van der Waals surface area (Å²) in [7, 11) is -9.91. The molecule has 19 heteroatoms. The number of unbranched alkanes of at least 4 members (excludes halogenated alkanes) is 37. The highest BCUT2D eigenvalue weighted by atomic mass is 31.2. The Balaban J connectivity index is 5.26. The van der Waals surface area contributed by atoms with E-state index in [2.05, 4.69) is 55.4 Å². The molecule has 0 rings (SSSR count). The third-order valence-corrected chi connectivity index (χ3v) is 20.2. The van der Waals surface area contributed by atoms with E-state index in [0.29, 0.717) is 25.7 Å². The van der Waals surface area contributed by atoms with Gasteiger partial charge in [-0.2, -0.15) is 0 Å². The molecule has 95 heavy (non-hydrogen) atoms. The van der Waals surface area contributed by atoms with Crippen molar-refractivity contribution in [3.63, 3.8) is 0 Å². The maximum Gasteiger partial charge on any atom is 0.472 e. The summed E-state index contributed by atoms with van der Waals surface area (Å²) in [6.07, 6.45) is 49.9. The fraction of sp³-hybridized carbons (Fsp3) is 0.947. The van der Waals surface area contributed by atoms with Crippen molar-refractivity contribution in [2.45, 2.75) is 401 Å². The summed E-state index contributed by atoms with van der Waals surface area (Å²) in [5.74, 6) is 0.964. The van der Waals surface area contributed by atoms with Crippen molar-refractivity contribution in [2.75, 3.05) is 39.6 Å². The van der Waals surface area contributed by atoms with Gasteiger partial charge in [0, 0.05) is 25.7 Å². The number of phosphoric ester groups is 2. The molecule has 0 aliphatic rings. The number of hydrogen-bond acceptors (Lipinski definition) is 15. The first-order valence-electron chi connectivity index (χ1n) is 39.3. The zero-order valence-electron chi connectivity index (χ0n) is 62.3. The van der Waals surface area contributed by atoms with Crippen molar-refractivity contribution in [3.8, 4) is 0 Å². The molecular formula is C76H148O17P2. The molecule has 0 aromatic carbocycles. The zero-order chi connectivity index (χ0) is 70.3. The van der Waals surface area contributed by atoms with Gasteiger partial charge < -0.3 is 33.8 Å². The normalized spacial score (nSPS) is 14.7. The van der Waals surface area contributed by atoms with Crippen LogP contribution in [0.1, 0.15) is 383 Å². The van der Waals surface area contributed by atoms with Crippen molar-refractivity contribution >= 4 is 39.5 Å². The van der Waals surface area contributed by atoms with E-state index in [0.717, 1.165) is 120 Å². The molecule has 0 spiro atoms. The monoisotopic (exact) mass is 1400 g/mol. The van der Waals surface area contributed by atoms with Crippen LogP contribution in [0.25, 0.3) is 0 Å². The van der Waals surface area contributed by atoms with Gasteiger partial charge in [0.15, 0.2) is 12.2 Å². The summed E-state index contributed by atoms with van der Waals surface area (Å²) < 4.78 is 68.5. The Hall–Kier alpha value is -1.94. The molecular weight excluding hydrogens is 1250 g/mol. The number of carbonyl (C=O) groups is 4. The molecule has 0 saturated heterocycles. The van der Waals surface area contributed by atoms with Crippen molar-refractivity contribution in [3.05, 3.63) is 0 Å². The van der Waals surface area contributed by atoms with Crippen LogP contribution < -0.4 is 0 Å². The van der Waals surface area contributed by atoms with Gasteiger partial charge in [-0.15, -0.1) is 0 Å². The fourth-order valence-corrected chi connectivity index (χ4v) is 13.1. The van der Waals surface area contributed by atoms with Gasteiger partial charge in [-0.25, -0.2) is 9.13 Å². The van der Waals surface area contributed by atoms with Gasteiger partial charge >= 0.3 is 39.5 Å². The van der Waals surface area contributed by atoms with E-state index in [9.17, 15) is 43.2 Å². The minimum atomic E-state index is -4.96. The smallest absolute Gasteiger partial charge is 0.462 e. The summed E-state index contributed by atoms with van der Waals surface area (Å²) in [6.45, 7) is 14.2. The van der Waals surface area contributed by atoms with Crippen LogP contribution in [-0.4, -0.2) is 96.7 Å². The number of aliphatic hydroxyl groups excluding tert-OH is 1. The van der Waals surface area contributed by atoms with Crippen LogP contribution in [-0.2, 0) is 65.4 Å². The van der Waals surface area contributed by atoms with Crippen LogP contribution in [0.2, 0.25) is 0 Å². The molecule has 3 N–H and O–H groups in total. The maximum atomic E-state index is 13.1. The Morgan fingerprint density at radius 2 is 0.505 bits per heavy atom. The van der Waals surface area contributed by atoms with E-state index in [1.165, 1.54) is 180 Å². The van der Waals surface area contributed by atoms with E-state index >= 15 is 0 Å². The largest absolute Gasteiger partial charge is 0.472 e. The Morgan fingerprint density at radius 3 is 0.747 bits per heavy atom. The first-order chi connectivity index (χ1) is 45.7. The quantitative estimate of drug-likeness (QED) is 0.0222. The summed E-state index contributed by atoms with van der Waals surface area (Å²) in [6, 6.07) is 0. The number of esters is 4. The molecule has 4 unspecified atom stereocenters. The Morgan fingerprint density at radius 1 is 0.295 bits per heavy atom. The standard InChI is InChI=1S/C76H148O17P2/c1-9-68(7)54-46-38-30-26-27-33-43-51-59-76(81)93-72(63-87-74(79)57-49-41-35-34-39-47-55-69(8)10-2)65-91-95(84,85)89-61-70(77)60-88-94(82,83)90-64-71(92-75(80)58-50-42-32-25-21-17-13-15-19-23-29-37-45-53-67(5)6)62-86-73(78)56-48-40-31-24-20-16-12-11-14-18-22-28-36-44-52-66(3)4/h66-72,77H,9-65H2,1-8H3,(H,82,83)(H,84,85)/t68?,69?,70-,71-,72-/m1/s1. The Kier molecular flexibility index (Phi) is 64.0. The average molecular weight is 1400 g/mol. The first-order valence-corrected chi connectivity index (χ1v) is 42.3. The van der Waals surface area contributed by atoms with E-state index in [1.807, 2.05) is 0 Å². The van der Waals surface area contributed by atoms with Crippen LogP contribution in [0.4, 0.5) is 0 Å². The SMILES string of the molecule is CCC(C)CCCCCCCCCCC(=O)O[C@H](COC(=O)CCCCCCCCC(C)CC)COP(=O)(O)OC[C@H](O)COP(=O)(O)OC[C@@H](COC(=O)CCCCCCCCCCCCCCCCC(C)C)OC(=O)CCCCCCCCCCCCCCCC(C)C. The predicted octanol–water partition coefficient (Wildman–Crippen LogP) is 22.0. The molecule has 0 aliphatic carbocycles. The highest BCUT2D eigenvalue weighted by Gasteiger charge is 2.30. The van der Waals surface area contributed by atoms with E-state index < -0.39 is 97.5 Å². The molecule has 17 nitrogen and oxygen atoms in total. The Labute approximate surface area is 581 Å². The highest BCUT2D eigenvalue weighted by Crippen LogP contribution is 2.45. The predicted molar refractivity (Wildman–Crippen MR) is 386 cm³/mol. The topological polar surface area (TPSA) is 237 Å². The van der Waals surface area contributed by atoms with E-state index in [1.54, 1.807) is 0 Å². The van der Waals surface area contributed by atoms with Crippen molar-refractivity contribution in [1.82, 2.24) is 0 Å². The van der Waals surface area contributed by atoms with E-state index in [4.69, 9.17) is 37.0 Å². The molecule has 0 saturated carbocycles. The summed E-state index contributed by atoms with van der Waals surface area (Å²) >= 11 is 0. The van der Waals surface area contributed by atoms with Crippen LogP contribution in [0, 0.1) is 23.7 Å². The molecule has 0 heterocycles. The molecule has 0 amide bonds. The number of phosphoric acid groups is 2. The van der Waals surface area contributed by atoms with Crippen molar-refractivity contribution in [2.24, 2.45) is 23.7 Å². The van der Waals surface area contributed by atoms with Gasteiger partial charge in [0.25, 0.3) is 0 Å². The van der Waals surface area contributed by atoms with Gasteiger partial charge in [0.05, 0.1) is 26.4 Å². The van der Waals surface area contributed by atoms with Crippen LogP contribution in [0.5, 0.6) is 0 Å². The van der Waals surface area contributed by atoms with Gasteiger partial charge in [-0.05, 0) is 49.4 Å². The average Bonchev–Trinajstić information content (AvgIpc) is 1.30. The second-order valence-corrected chi connectivity index (χ2v) is 31.7. The lowest BCUT2D eigenvalue weighted by Crippen LogP contribution is -2.30. The first kappa shape index (κ1) is 93.1. The molecule has 0 bridgehead atoms. The minimum absolute atomic E-state index is 0.104. The number of ether oxygens (including phenoxy) is 4. The van der Waals surface area contributed by atoms with Crippen molar-refractivity contribution < 1.29 is 80.2 Å². The summed E-state index contributed by atoms with van der Waals surface area (Å²) in [5, 5.41) is 10.6. The van der Waals surface area contributed by atoms with Crippen molar-refractivity contribution in [1.29, 1.82) is 0 Å². The lowest BCUT2D eigenvalue weighted by molar-refractivity contribution is -0.161. The van der Waals surface area contributed by atoms with E-state index in [-0.39, 0.29) is 25.7 Å². The number of carbonyl (C=O) groups excluding carboxylic acids is 4. The molecule has 0 fully saturated rings. The second-order valence-electron chi connectivity index (χ2n) is 28.8. The maximum absolute atomic E-state index is 13.1. The number of aliphatic hydroxyl groups is 1. The van der Waals surface area contributed by atoms with Crippen LogP contribution in [0.3, 0.4) is 0 Å². The zero-order valence-corrected chi connectivity index (χ0v) is 64.1. The number of hydrogen-bond donors (Lipinski definition) is 3. The van der Waals surface area contributed by atoms with Crippen LogP contribution >= 0.6 is 15.6 Å². The Bertz CT molecular complexity index is 1870. The lowest BCUT2D eigenvalue weighted by Gasteiger charge is -2.21. The van der Waals surface area contributed by atoms with Gasteiger partial charge in [0.2, 0.25) is 0 Å². The van der Waals surface area contributed by atoms with Crippen LogP contribution in [0.15, 0.2) is 0 Å². The van der Waals surface area contributed by atoms with Gasteiger partial charge in [-0.1, -0.05) is 331 Å². The molecule has 7 atom stereocenters. The second kappa shape index (κ2) is 65.4. The third-order valence-electron chi connectivity index (χ3n) is 18.3. The number of rotatable bonds is 73. The summed E-state index contributed by atoms with van der Waals surface area (Å²) in [4.78, 5) is 72.8. The summed E-state index contributed by atoms with van der Waals surface area (Å²) in [5.41, 5.74) is 0. The molecule has 0 aromatic heterocycles. The van der Waals surface area contributed by atoms with Gasteiger partial charge in [-0.3, -0.25) is 37.3 Å².